The number of thiazole rings is 1. The second kappa shape index (κ2) is 5.50. The molecule has 2 N–H and O–H groups in total. The van der Waals surface area contributed by atoms with Crippen molar-refractivity contribution < 1.29 is 14.7 Å². The van der Waals surface area contributed by atoms with Gasteiger partial charge >= 0.3 is 5.97 Å². The Morgan fingerprint density at radius 1 is 1.42 bits per heavy atom. The second-order valence-corrected chi connectivity index (χ2v) is 5.59. The highest BCUT2D eigenvalue weighted by molar-refractivity contribution is 9.10. The molecule has 98 valence electrons. The van der Waals surface area contributed by atoms with Crippen molar-refractivity contribution in [1.29, 1.82) is 0 Å². The quantitative estimate of drug-likeness (QED) is 0.899. The molecule has 0 radical (unpaired) electrons. The zero-order valence-electron chi connectivity index (χ0n) is 9.81. The summed E-state index contributed by atoms with van der Waals surface area (Å²) in [5, 5.41) is 14.1. The van der Waals surface area contributed by atoms with Gasteiger partial charge in [-0.25, -0.2) is 9.78 Å². The van der Waals surface area contributed by atoms with Crippen molar-refractivity contribution in [3.8, 4) is 0 Å². The van der Waals surface area contributed by atoms with Crippen LogP contribution in [0.25, 0.3) is 0 Å². The van der Waals surface area contributed by atoms with Gasteiger partial charge in [0.2, 0.25) is 0 Å². The summed E-state index contributed by atoms with van der Waals surface area (Å²) in [5.74, 6) is -1.54. The van der Waals surface area contributed by atoms with Crippen molar-refractivity contribution in [1.82, 2.24) is 4.98 Å². The zero-order chi connectivity index (χ0) is 14.0. The molecule has 0 spiro atoms. The highest BCUT2D eigenvalue weighted by atomic mass is 79.9. The molecule has 0 aliphatic carbocycles. The van der Waals surface area contributed by atoms with Crippen LogP contribution >= 0.6 is 27.3 Å². The van der Waals surface area contributed by atoms with Gasteiger partial charge in [0.1, 0.15) is 5.69 Å². The van der Waals surface area contributed by atoms with E-state index in [4.69, 9.17) is 5.11 Å². The van der Waals surface area contributed by atoms with E-state index >= 15 is 0 Å². The number of benzene rings is 1. The molecule has 0 unspecified atom stereocenters. The molecule has 0 saturated heterocycles. The fourth-order valence-electron chi connectivity index (χ4n) is 1.47. The molecule has 2 rings (SSSR count). The molecule has 0 atom stereocenters. The minimum absolute atomic E-state index is 0.0228. The van der Waals surface area contributed by atoms with Gasteiger partial charge in [-0.2, -0.15) is 0 Å². The van der Waals surface area contributed by atoms with E-state index in [0.29, 0.717) is 4.47 Å². The highest BCUT2D eigenvalue weighted by Crippen LogP contribution is 2.27. The number of aromatic carboxylic acids is 1. The van der Waals surface area contributed by atoms with Crippen molar-refractivity contribution in [2.45, 2.75) is 6.92 Å². The third kappa shape index (κ3) is 2.99. The number of aryl methyl sites for hydroxylation is 1. The Bertz CT molecular complexity index is 654. The van der Waals surface area contributed by atoms with Crippen LogP contribution in [0, 0.1) is 6.92 Å². The molecule has 1 aromatic heterocycles. The van der Waals surface area contributed by atoms with Crippen LogP contribution in [0.4, 0.5) is 5.69 Å². The summed E-state index contributed by atoms with van der Waals surface area (Å²) in [6.07, 6.45) is 0. The number of nitrogens with zero attached hydrogens (tertiary/aromatic N) is 1. The van der Waals surface area contributed by atoms with E-state index in [1.165, 1.54) is 17.4 Å². The fourth-order valence-corrected chi connectivity index (χ4v) is 2.53. The van der Waals surface area contributed by atoms with Crippen LogP contribution in [0.15, 0.2) is 28.1 Å². The standard InChI is InChI=1S/C12H9BrN2O3S/c1-6-14-9(5-19-6)11(16)15-10-7(12(17)18)3-2-4-8(10)13/h2-5H,1H3,(H,15,16)(H,17,18). The summed E-state index contributed by atoms with van der Waals surface area (Å²) in [5.41, 5.74) is 0.523. The van der Waals surface area contributed by atoms with Crippen molar-refractivity contribution in [3.05, 3.63) is 44.3 Å². The first-order valence-corrected chi connectivity index (χ1v) is 6.91. The molecule has 0 aliphatic rings. The van der Waals surface area contributed by atoms with E-state index in [1.807, 2.05) is 0 Å². The molecule has 0 fully saturated rings. The Kier molecular flexibility index (Phi) is 3.96. The van der Waals surface area contributed by atoms with E-state index in [9.17, 15) is 9.59 Å². The van der Waals surface area contributed by atoms with Crippen LogP contribution < -0.4 is 5.32 Å². The Labute approximate surface area is 121 Å². The van der Waals surface area contributed by atoms with Gasteiger partial charge in [-0.1, -0.05) is 6.07 Å². The molecular formula is C12H9BrN2O3S. The van der Waals surface area contributed by atoms with E-state index in [-0.39, 0.29) is 16.9 Å². The number of hydrogen-bond acceptors (Lipinski definition) is 4. The van der Waals surface area contributed by atoms with Crippen LogP contribution in [0.1, 0.15) is 25.9 Å². The van der Waals surface area contributed by atoms with Gasteiger partial charge in [-0.05, 0) is 35.0 Å². The fraction of sp³-hybridized carbons (Fsp3) is 0.0833. The minimum atomic E-state index is -1.11. The van der Waals surface area contributed by atoms with Gasteiger partial charge in [-0.15, -0.1) is 11.3 Å². The monoisotopic (exact) mass is 340 g/mol. The predicted molar refractivity (Wildman–Crippen MR) is 75.9 cm³/mol. The maximum atomic E-state index is 12.0. The van der Waals surface area contributed by atoms with Crippen molar-refractivity contribution in [3.63, 3.8) is 0 Å². The van der Waals surface area contributed by atoms with Crippen LogP contribution in [0.3, 0.4) is 0 Å². The summed E-state index contributed by atoms with van der Waals surface area (Å²) >= 11 is 4.58. The zero-order valence-corrected chi connectivity index (χ0v) is 12.2. The first-order valence-electron chi connectivity index (χ1n) is 5.24. The number of carbonyl (C=O) groups excluding carboxylic acids is 1. The highest BCUT2D eigenvalue weighted by Gasteiger charge is 2.17. The lowest BCUT2D eigenvalue weighted by atomic mass is 10.2. The third-order valence-corrected chi connectivity index (χ3v) is 3.77. The third-order valence-electron chi connectivity index (χ3n) is 2.33. The summed E-state index contributed by atoms with van der Waals surface area (Å²) < 4.78 is 0.507. The number of carboxylic acid groups (broad SMARTS) is 1. The SMILES string of the molecule is Cc1nc(C(=O)Nc2c(Br)cccc2C(=O)O)cs1. The molecule has 1 aromatic carbocycles. The van der Waals surface area contributed by atoms with Crippen molar-refractivity contribution in [2.75, 3.05) is 5.32 Å². The first kappa shape index (κ1) is 13.7. The summed E-state index contributed by atoms with van der Waals surface area (Å²) in [6, 6.07) is 4.68. The van der Waals surface area contributed by atoms with Crippen molar-refractivity contribution in [2.24, 2.45) is 0 Å². The molecule has 0 bridgehead atoms. The van der Waals surface area contributed by atoms with Gasteiger partial charge in [-0.3, -0.25) is 4.79 Å². The minimum Gasteiger partial charge on any atom is -0.478 e. The molecular weight excluding hydrogens is 332 g/mol. The van der Waals surface area contributed by atoms with E-state index in [0.717, 1.165) is 5.01 Å². The maximum absolute atomic E-state index is 12.0. The molecule has 2 aromatic rings. The molecule has 0 aliphatic heterocycles. The van der Waals surface area contributed by atoms with Crippen LogP contribution in [-0.2, 0) is 0 Å². The number of anilines is 1. The van der Waals surface area contributed by atoms with Crippen LogP contribution in [0.2, 0.25) is 0 Å². The van der Waals surface area contributed by atoms with Gasteiger partial charge in [0.25, 0.3) is 5.91 Å². The number of nitrogens with one attached hydrogen (secondary N) is 1. The summed E-state index contributed by atoms with van der Waals surface area (Å²) in [7, 11) is 0. The topological polar surface area (TPSA) is 79.3 Å². The summed E-state index contributed by atoms with van der Waals surface area (Å²) in [6.45, 7) is 1.79. The Hall–Kier alpha value is -1.73. The number of carbonyl (C=O) groups is 2. The lowest BCUT2D eigenvalue weighted by Crippen LogP contribution is -2.15. The average molecular weight is 341 g/mol. The number of aromatic nitrogens is 1. The first-order chi connectivity index (χ1) is 8.99. The lowest BCUT2D eigenvalue weighted by Gasteiger charge is -2.09. The van der Waals surface area contributed by atoms with Gasteiger partial charge in [0.05, 0.1) is 16.3 Å². The van der Waals surface area contributed by atoms with Gasteiger partial charge < -0.3 is 10.4 Å². The molecule has 0 saturated carbocycles. The normalized spacial score (nSPS) is 10.2. The number of carboxylic acids is 1. The van der Waals surface area contributed by atoms with Gasteiger partial charge in [0.15, 0.2) is 0 Å². The Morgan fingerprint density at radius 3 is 2.74 bits per heavy atom. The molecule has 19 heavy (non-hydrogen) atoms. The number of para-hydroxylation sites is 1. The lowest BCUT2D eigenvalue weighted by molar-refractivity contribution is 0.0698. The number of amides is 1. The molecule has 7 heteroatoms. The number of rotatable bonds is 3. The number of halogens is 1. The average Bonchev–Trinajstić information content (AvgIpc) is 2.78. The van der Waals surface area contributed by atoms with E-state index in [2.05, 4.69) is 26.2 Å². The van der Waals surface area contributed by atoms with E-state index < -0.39 is 11.9 Å². The van der Waals surface area contributed by atoms with Gasteiger partial charge in [0, 0.05) is 9.85 Å². The van der Waals surface area contributed by atoms with Crippen LogP contribution in [-0.4, -0.2) is 22.0 Å². The summed E-state index contributed by atoms with van der Waals surface area (Å²) in [4.78, 5) is 27.1. The molecule has 5 nitrogen and oxygen atoms in total. The Morgan fingerprint density at radius 2 is 2.16 bits per heavy atom. The second-order valence-electron chi connectivity index (χ2n) is 3.67. The predicted octanol–water partition coefficient (Wildman–Crippen LogP) is 3.16. The maximum Gasteiger partial charge on any atom is 0.337 e. The molecule has 1 heterocycles. The Balaban J connectivity index is 2.33. The van der Waals surface area contributed by atoms with E-state index in [1.54, 1.807) is 24.4 Å². The molecule has 1 amide bonds. The largest absolute Gasteiger partial charge is 0.478 e. The van der Waals surface area contributed by atoms with Crippen molar-refractivity contribution >= 4 is 44.8 Å². The van der Waals surface area contributed by atoms with Crippen LogP contribution in [0.5, 0.6) is 0 Å². The smallest absolute Gasteiger partial charge is 0.337 e. The number of hydrogen-bond donors (Lipinski definition) is 2.